The molecule has 2 N–H and O–H groups in total. The summed E-state index contributed by atoms with van der Waals surface area (Å²) < 4.78 is 16.3. The maximum absolute atomic E-state index is 14.5. The van der Waals surface area contributed by atoms with Crippen molar-refractivity contribution in [1.82, 2.24) is 30.0 Å². The predicted molar refractivity (Wildman–Crippen MR) is 130 cm³/mol. The van der Waals surface area contributed by atoms with E-state index >= 15 is 0 Å². The number of H-pyrrole nitrogens is 1. The molecule has 1 amide bonds. The molecule has 2 aromatic heterocycles. The van der Waals surface area contributed by atoms with Gasteiger partial charge in [-0.15, -0.1) is 10.2 Å². The molecule has 170 valence electrons. The van der Waals surface area contributed by atoms with E-state index in [9.17, 15) is 9.18 Å². The molecule has 7 nitrogen and oxygen atoms in total. The summed E-state index contributed by atoms with van der Waals surface area (Å²) in [6, 6.07) is 23.3. The van der Waals surface area contributed by atoms with Gasteiger partial charge in [-0.25, -0.2) is 9.37 Å². The van der Waals surface area contributed by atoms with Crippen molar-refractivity contribution in [2.75, 3.05) is 5.75 Å². The fourth-order valence-corrected chi connectivity index (χ4v) is 4.41. The lowest BCUT2D eigenvalue weighted by atomic mass is 10.2. The highest BCUT2D eigenvalue weighted by atomic mass is 32.2. The number of halogens is 1. The smallest absolute Gasteiger partial charge is 0.231 e. The first-order valence-electron chi connectivity index (χ1n) is 10.7. The number of amides is 1. The van der Waals surface area contributed by atoms with E-state index in [0.717, 1.165) is 16.7 Å². The minimum Gasteiger partial charge on any atom is -0.346 e. The van der Waals surface area contributed by atoms with Gasteiger partial charge in [-0.05, 0) is 43.3 Å². The second-order valence-corrected chi connectivity index (χ2v) is 8.62. The third-order valence-corrected chi connectivity index (χ3v) is 6.22. The average molecular weight is 473 g/mol. The van der Waals surface area contributed by atoms with Crippen LogP contribution >= 0.6 is 11.8 Å². The Hall–Kier alpha value is -3.98. The van der Waals surface area contributed by atoms with Crippen molar-refractivity contribution in [2.24, 2.45) is 0 Å². The number of aromatic amines is 1. The van der Waals surface area contributed by atoms with E-state index in [-0.39, 0.29) is 23.5 Å². The Morgan fingerprint density at radius 1 is 1.03 bits per heavy atom. The topological polar surface area (TPSA) is 88.5 Å². The Balaban J connectivity index is 1.35. The van der Waals surface area contributed by atoms with Gasteiger partial charge in [-0.3, -0.25) is 9.36 Å². The van der Waals surface area contributed by atoms with Gasteiger partial charge < -0.3 is 10.3 Å². The minimum absolute atomic E-state index is 0.118. The number of thioether (sulfide) groups is 1. The number of nitrogens with zero attached hydrogens (tertiary/aromatic N) is 4. The summed E-state index contributed by atoms with van der Waals surface area (Å²) in [4.78, 5) is 20.5. The maximum atomic E-state index is 14.5. The van der Waals surface area contributed by atoms with E-state index in [1.165, 1.54) is 17.8 Å². The van der Waals surface area contributed by atoms with Crippen LogP contribution in [-0.4, -0.2) is 36.4 Å². The van der Waals surface area contributed by atoms with Crippen LogP contribution in [0.4, 0.5) is 4.39 Å². The number of para-hydroxylation sites is 3. The van der Waals surface area contributed by atoms with Crippen molar-refractivity contribution in [2.45, 2.75) is 18.1 Å². The number of nitrogens with one attached hydrogen (secondary N) is 2. The normalized spacial score (nSPS) is 12.1. The van der Waals surface area contributed by atoms with Crippen molar-refractivity contribution in [3.8, 4) is 17.1 Å². The molecule has 0 aliphatic rings. The van der Waals surface area contributed by atoms with Crippen molar-refractivity contribution in [1.29, 1.82) is 0 Å². The second kappa shape index (κ2) is 9.48. The second-order valence-electron chi connectivity index (χ2n) is 7.67. The SMILES string of the molecule is CC(NC(=O)CSc1nnc(-c2ccccc2F)n1-c1ccccc1)c1nc2ccccc2[nH]1. The summed E-state index contributed by atoms with van der Waals surface area (Å²) in [5.41, 5.74) is 2.90. The molecular formula is C25H21FN6OS. The first-order chi connectivity index (χ1) is 16.6. The standard InChI is InChI=1S/C25H21FN6OS/c1-16(23-28-20-13-7-8-14-21(20)29-23)27-22(33)15-34-25-31-30-24(18-11-5-6-12-19(18)26)32(25)17-9-3-2-4-10-17/h2-14,16H,15H2,1H3,(H,27,33)(H,28,29). The molecule has 34 heavy (non-hydrogen) atoms. The zero-order valence-corrected chi connectivity index (χ0v) is 19.1. The zero-order valence-electron chi connectivity index (χ0n) is 18.3. The van der Waals surface area contributed by atoms with Gasteiger partial charge in [-0.2, -0.15) is 0 Å². The third kappa shape index (κ3) is 4.42. The summed E-state index contributed by atoms with van der Waals surface area (Å²) in [7, 11) is 0. The van der Waals surface area contributed by atoms with Crippen molar-refractivity contribution in [3.63, 3.8) is 0 Å². The van der Waals surface area contributed by atoms with Gasteiger partial charge in [-0.1, -0.05) is 54.2 Å². The number of hydrogen-bond acceptors (Lipinski definition) is 5. The number of rotatable bonds is 7. The van der Waals surface area contributed by atoms with Crippen LogP contribution in [0.1, 0.15) is 18.8 Å². The van der Waals surface area contributed by atoms with Gasteiger partial charge in [0.05, 0.1) is 28.4 Å². The fraction of sp³-hybridized carbons (Fsp3) is 0.120. The summed E-state index contributed by atoms with van der Waals surface area (Å²) in [5.74, 6) is 0.623. The Labute approximate surface area is 199 Å². The first kappa shape index (κ1) is 21.8. The van der Waals surface area contributed by atoms with Gasteiger partial charge in [0.1, 0.15) is 11.6 Å². The Morgan fingerprint density at radius 2 is 1.76 bits per heavy atom. The molecule has 3 aromatic carbocycles. The number of imidazole rings is 1. The number of benzene rings is 3. The van der Waals surface area contributed by atoms with Crippen molar-refractivity contribution >= 4 is 28.7 Å². The molecule has 5 aromatic rings. The highest BCUT2D eigenvalue weighted by Gasteiger charge is 2.20. The van der Waals surface area contributed by atoms with Gasteiger partial charge >= 0.3 is 0 Å². The highest BCUT2D eigenvalue weighted by Crippen LogP contribution is 2.29. The molecule has 0 saturated carbocycles. The molecule has 1 unspecified atom stereocenters. The Bertz CT molecular complexity index is 1420. The van der Waals surface area contributed by atoms with E-state index in [0.29, 0.717) is 22.4 Å². The highest BCUT2D eigenvalue weighted by molar-refractivity contribution is 7.99. The Morgan fingerprint density at radius 3 is 2.56 bits per heavy atom. The van der Waals surface area contributed by atoms with Crippen LogP contribution in [0.5, 0.6) is 0 Å². The Kier molecular flexibility index (Phi) is 6.09. The zero-order chi connectivity index (χ0) is 23.5. The largest absolute Gasteiger partial charge is 0.346 e. The van der Waals surface area contributed by atoms with Crippen LogP contribution in [0.15, 0.2) is 84.0 Å². The molecule has 0 spiro atoms. The average Bonchev–Trinajstić information content (AvgIpc) is 3.48. The summed E-state index contributed by atoms with van der Waals surface area (Å²) in [6.07, 6.45) is 0. The number of carbonyl (C=O) groups excluding carboxylic acids is 1. The number of aromatic nitrogens is 5. The fourth-order valence-electron chi connectivity index (χ4n) is 3.65. The molecule has 2 heterocycles. The summed E-state index contributed by atoms with van der Waals surface area (Å²) in [6.45, 7) is 1.88. The molecule has 0 fully saturated rings. The lowest BCUT2D eigenvalue weighted by Gasteiger charge is -2.12. The monoisotopic (exact) mass is 472 g/mol. The van der Waals surface area contributed by atoms with Crippen LogP contribution in [0, 0.1) is 5.82 Å². The van der Waals surface area contributed by atoms with Crippen molar-refractivity contribution < 1.29 is 9.18 Å². The quantitative estimate of drug-likeness (QED) is 0.328. The van der Waals surface area contributed by atoms with E-state index in [4.69, 9.17) is 0 Å². The van der Waals surface area contributed by atoms with Crippen LogP contribution in [0.3, 0.4) is 0 Å². The lowest BCUT2D eigenvalue weighted by molar-refractivity contribution is -0.119. The van der Waals surface area contributed by atoms with Crippen LogP contribution in [-0.2, 0) is 4.79 Å². The van der Waals surface area contributed by atoms with E-state index in [2.05, 4.69) is 25.5 Å². The van der Waals surface area contributed by atoms with Crippen molar-refractivity contribution in [3.05, 3.63) is 90.5 Å². The van der Waals surface area contributed by atoms with Crippen LogP contribution in [0.25, 0.3) is 28.1 Å². The molecule has 0 bridgehead atoms. The van der Waals surface area contributed by atoms with E-state index < -0.39 is 0 Å². The molecular weight excluding hydrogens is 451 g/mol. The molecule has 0 aliphatic heterocycles. The van der Waals surface area contributed by atoms with E-state index in [1.54, 1.807) is 22.8 Å². The van der Waals surface area contributed by atoms with Gasteiger partial charge in [0.15, 0.2) is 11.0 Å². The number of fused-ring (bicyclic) bond motifs is 1. The molecule has 1 atom stereocenters. The summed E-state index contributed by atoms with van der Waals surface area (Å²) in [5, 5.41) is 12.0. The van der Waals surface area contributed by atoms with Crippen LogP contribution in [0.2, 0.25) is 0 Å². The lowest BCUT2D eigenvalue weighted by Crippen LogP contribution is -2.29. The number of hydrogen-bond donors (Lipinski definition) is 2. The molecule has 0 saturated heterocycles. The van der Waals surface area contributed by atoms with Gasteiger partial charge in [0, 0.05) is 5.69 Å². The molecule has 0 radical (unpaired) electrons. The maximum Gasteiger partial charge on any atom is 0.231 e. The molecule has 5 rings (SSSR count). The van der Waals surface area contributed by atoms with Gasteiger partial charge in [0.2, 0.25) is 5.91 Å². The van der Waals surface area contributed by atoms with Gasteiger partial charge in [0.25, 0.3) is 0 Å². The summed E-state index contributed by atoms with van der Waals surface area (Å²) >= 11 is 1.24. The molecule has 0 aliphatic carbocycles. The minimum atomic E-state index is -0.388. The predicted octanol–water partition coefficient (Wildman–Crippen LogP) is 4.92. The van der Waals surface area contributed by atoms with E-state index in [1.807, 2.05) is 61.5 Å². The first-order valence-corrected chi connectivity index (χ1v) is 11.7. The molecule has 9 heteroatoms. The third-order valence-electron chi connectivity index (χ3n) is 5.29. The van der Waals surface area contributed by atoms with Crippen LogP contribution < -0.4 is 5.32 Å². The number of carbonyl (C=O) groups is 1.